The van der Waals surface area contributed by atoms with Crippen LogP contribution in [0.3, 0.4) is 0 Å². The molecular weight excluding hydrogens is 224 g/mol. The average molecular weight is 236 g/mol. The smallest absolute Gasteiger partial charge is 0.371 e. The lowest BCUT2D eigenvalue weighted by atomic mass is 10.2. The van der Waals surface area contributed by atoms with Gasteiger partial charge in [0.05, 0.1) is 12.7 Å². The fourth-order valence-electron chi connectivity index (χ4n) is 1.45. The summed E-state index contributed by atoms with van der Waals surface area (Å²) in [6.45, 7) is 2.79. The van der Waals surface area contributed by atoms with Gasteiger partial charge in [0.2, 0.25) is 5.76 Å². The molecule has 2 N–H and O–H groups in total. The number of carboxylic acids is 1. The summed E-state index contributed by atoms with van der Waals surface area (Å²) >= 11 is 0. The molecule has 0 aromatic carbocycles. The highest BCUT2D eigenvalue weighted by atomic mass is 16.5. The molecule has 0 aliphatic heterocycles. The number of hydrogen-bond donors (Lipinski definition) is 2. The van der Waals surface area contributed by atoms with Crippen LogP contribution in [0.2, 0.25) is 0 Å². The van der Waals surface area contributed by atoms with Gasteiger partial charge < -0.3 is 19.4 Å². The van der Waals surface area contributed by atoms with Gasteiger partial charge in [-0.2, -0.15) is 0 Å². The van der Waals surface area contributed by atoms with Gasteiger partial charge in [-0.1, -0.05) is 5.16 Å². The van der Waals surface area contributed by atoms with Crippen molar-refractivity contribution < 1.29 is 18.8 Å². The van der Waals surface area contributed by atoms with Gasteiger partial charge in [-0.05, 0) is 13.0 Å². The zero-order valence-corrected chi connectivity index (χ0v) is 9.27. The second-order valence-electron chi connectivity index (χ2n) is 3.58. The fourth-order valence-corrected chi connectivity index (χ4v) is 1.45. The monoisotopic (exact) mass is 236 g/mol. The van der Waals surface area contributed by atoms with E-state index in [-0.39, 0.29) is 5.76 Å². The molecule has 2 aromatic rings. The molecule has 2 heterocycles. The molecule has 0 aliphatic rings. The van der Waals surface area contributed by atoms with E-state index >= 15 is 0 Å². The first-order valence-electron chi connectivity index (χ1n) is 5.09. The Morgan fingerprint density at radius 2 is 2.35 bits per heavy atom. The highest BCUT2D eigenvalue weighted by Gasteiger charge is 2.12. The zero-order valence-electron chi connectivity index (χ0n) is 9.27. The summed E-state index contributed by atoms with van der Waals surface area (Å²) in [6.07, 6.45) is 1.57. The van der Waals surface area contributed by atoms with Gasteiger partial charge in [0.25, 0.3) is 0 Å². The number of nitrogens with one attached hydrogen (secondary N) is 1. The lowest BCUT2D eigenvalue weighted by Gasteiger charge is -1.99. The molecule has 0 fully saturated rings. The molecule has 0 atom stereocenters. The minimum absolute atomic E-state index is 0.0426. The number of rotatable bonds is 5. The number of carboxylic acid groups (broad SMARTS) is 1. The first-order chi connectivity index (χ1) is 8.16. The van der Waals surface area contributed by atoms with E-state index in [1.807, 2.05) is 0 Å². The Hall–Kier alpha value is -2.08. The van der Waals surface area contributed by atoms with E-state index in [2.05, 4.69) is 10.5 Å². The van der Waals surface area contributed by atoms with Crippen molar-refractivity contribution >= 4 is 5.97 Å². The minimum Gasteiger partial charge on any atom is -0.475 e. The maximum absolute atomic E-state index is 10.7. The third-order valence-electron chi connectivity index (χ3n) is 2.34. The first kappa shape index (κ1) is 11.4. The van der Waals surface area contributed by atoms with Crippen molar-refractivity contribution in [2.24, 2.45) is 0 Å². The Morgan fingerprint density at radius 1 is 1.53 bits per heavy atom. The van der Waals surface area contributed by atoms with Crippen LogP contribution in [0.1, 0.15) is 27.6 Å². The summed E-state index contributed by atoms with van der Waals surface area (Å²) in [6, 6.07) is 3.28. The van der Waals surface area contributed by atoms with Crippen LogP contribution in [0.5, 0.6) is 0 Å². The van der Waals surface area contributed by atoms with E-state index in [1.165, 1.54) is 6.07 Å². The standard InChI is InChI=1S/C11H12N2O4/c1-7-8(4-10(16-7)11(14)15)5-12-6-9-2-3-13-17-9/h2-4,12H,5-6H2,1H3,(H,14,15). The summed E-state index contributed by atoms with van der Waals surface area (Å²) in [7, 11) is 0. The average Bonchev–Trinajstić information content (AvgIpc) is 2.89. The molecule has 0 bridgehead atoms. The van der Waals surface area contributed by atoms with Gasteiger partial charge in [0.15, 0.2) is 0 Å². The molecule has 0 aliphatic carbocycles. The second-order valence-corrected chi connectivity index (χ2v) is 3.58. The molecule has 0 unspecified atom stereocenters. The summed E-state index contributed by atoms with van der Waals surface area (Å²) < 4.78 is 10.0. The van der Waals surface area contributed by atoms with Crippen LogP contribution in [-0.2, 0) is 13.1 Å². The zero-order chi connectivity index (χ0) is 12.3. The molecule has 0 radical (unpaired) electrons. The molecule has 6 heteroatoms. The molecule has 0 saturated heterocycles. The van der Waals surface area contributed by atoms with E-state index in [0.29, 0.717) is 18.8 Å². The van der Waals surface area contributed by atoms with Crippen molar-refractivity contribution in [3.05, 3.63) is 41.2 Å². The lowest BCUT2D eigenvalue weighted by Crippen LogP contribution is -2.12. The summed E-state index contributed by atoms with van der Waals surface area (Å²) in [4.78, 5) is 10.7. The number of furan rings is 1. The van der Waals surface area contributed by atoms with Gasteiger partial charge in [-0.25, -0.2) is 4.79 Å². The van der Waals surface area contributed by atoms with Gasteiger partial charge in [-0.3, -0.25) is 0 Å². The van der Waals surface area contributed by atoms with Crippen LogP contribution >= 0.6 is 0 Å². The van der Waals surface area contributed by atoms with E-state index in [9.17, 15) is 4.79 Å². The fraction of sp³-hybridized carbons (Fsp3) is 0.273. The van der Waals surface area contributed by atoms with Crippen LogP contribution < -0.4 is 5.32 Å². The van der Waals surface area contributed by atoms with E-state index in [1.54, 1.807) is 19.2 Å². The quantitative estimate of drug-likeness (QED) is 0.819. The third-order valence-corrected chi connectivity index (χ3v) is 2.34. The Bertz CT molecular complexity index is 502. The Kier molecular flexibility index (Phi) is 3.24. The molecule has 0 spiro atoms. The van der Waals surface area contributed by atoms with Crippen LogP contribution in [0.25, 0.3) is 0 Å². The van der Waals surface area contributed by atoms with Crippen molar-refractivity contribution in [2.75, 3.05) is 0 Å². The minimum atomic E-state index is -1.06. The van der Waals surface area contributed by atoms with Gasteiger partial charge >= 0.3 is 5.97 Å². The molecule has 2 rings (SSSR count). The first-order valence-corrected chi connectivity index (χ1v) is 5.09. The predicted molar refractivity (Wildman–Crippen MR) is 57.5 cm³/mol. The number of aryl methyl sites for hydroxylation is 1. The molecule has 2 aromatic heterocycles. The highest BCUT2D eigenvalue weighted by Crippen LogP contribution is 2.14. The van der Waals surface area contributed by atoms with Crippen molar-refractivity contribution in [1.29, 1.82) is 0 Å². The predicted octanol–water partition coefficient (Wildman–Crippen LogP) is 1.56. The highest BCUT2D eigenvalue weighted by molar-refractivity contribution is 5.84. The van der Waals surface area contributed by atoms with Gasteiger partial charge in [0.1, 0.15) is 11.5 Å². The Morgan fingerprint density at radius 3 is 2.94 bits per heavy atom. The molecule has 17 heavy (non-hydrogen) atoms. The van der Waals surface area contributed by atoms with Crippen molar-refractivity contribution in [3.8, 4) is 0 Å². The number of carbonyl (C=O) groups is 1. The van der Waals surface area contributed by atoms with Crippen LogP contribution in [-0.4, -0.2) is 16.2 Å². The largest absolute Gasteiger partial charge is 0.475 e. The van der Waals surface area contributed by atoms with Crippen LogP contribution in [0.15, 0.2) is 27.3 Å². The summed E-state index contributed by atoms with van der Waals surface area (Å²) in [5.74, 6) is 0.227. The number of aromatic carboxylic acids is 1. The van der Waals surface area contributed by atoms with E-state index < -0.39 is 5.97 Å². The molecule has 0 saturated carbocycles. The summed E-state index contributed by atoms with van der Waals surface area (Å²) in [5.41, 5.74) is 0.821. The maximum Gasteiger partial charge on any atom is 0.371 e. The van der Waals surface area contributed by atoms with Crippen LogP contribution in [0.4, 0.5) is 0 Å². The van der Waals surface area contributed by atoms with Crippen molar-refractivity contribution in [3.63, 3.8) is 0 Å². The topological polar surface area (TPSA) is 88.5 Å². The van der Waals surface area contributed by atoms with E-state index in [4.69, 9.17) is 14.0 Å². The normalized spacial score (nSPS) is 10.6. The maximum atomic E-state index is 10.7. The molecule has 0 amide bonds. The van der Waals surface area contributed by atoms with Crippen molar-refractivity contribution in [2.45, 2.75) is 20.0 Å². The van der Waals surface area contributed by atoms with E-state index in [0.717, 1.165) is 11.3 Å². The number of hydrogen-bond acceptors (Lipinski definition) is 5. The SMILES string of the molecule is Cc1oc(C(=O)O)cc1CNCc1ccno1. The summed E-state index contributed by atoms with van der Waals surface area (Å²) in [5, 5.41) is 15.5. The third kappa shape index (κ3) is 2.73. The van der Waals surface area contributed by atoms with Crippen LogP contribution in [0, 0.1) is 6.92 Å². The molecule has 6 nitrogen and oxygen atoms in total. The number of aromatic nitrogens is 1. The second kappa shape index (κ2) is 4.84. The van der Waals surface area contributed by atoms with Crippen molar-refractivity contribution in [1.82, 2.24) is 10.5 Å². The Balaban J connectivity index is 1.92. The lowest BCUT2D eigenvalue weighted by molar-refractivity contribution is 0.0661. The number of nitrogens with zero attached hydrogens (tertiary/aromatic N) is 1. The molecular formula is C11H12N2O4. The molecule has 90 valence electrons. The van der Waals surface area contributed by atoms with Gasteiger partial charge in [-0.15, -0.1) is 0 Å². The van der Waals surface area contributed by atoms with Gasteiger partial charge in [0, 0.05) is 18.2 Å². The Labute approximate surface area is 97.2 Å².